The van der Waals surface area contributed by atoms with E-state index in [0.717, 1.165) is 42.6 Å². The lowest BCUT2D eigenvalue weighted by molar-refractivity contribution is 0.00677. The monoisotopic (exact) mass is 414 g/mol. The fourth-order valence-corrected chi connectivity index (χ4v) is 4.29. The van der Waals surface area contributed by atoms with Crippen molar-refractivity contribution in [1.29, 1.82) is 0 Å². The van der Waals surface area contributed by atoms with E-state index in [4.69, 9.17) is 4.74 Å². The van der Waals surface area contributed by atoms with Crippen LogP contribution in [0.1, 0.15) is 37.8 Å². The summed E-state index contributed by atoms with van der Waals surface area (Å²) in [5.74, 6) is -0.252. The number of alkyl halides is 1. The number of nitrogens with zero attached hydrogens (tertiary/aromatic N) is 2. The van der Waals surface area contributed by atoms with E-state index in [1.165, 1.54) is 12.1 Å². The quantitative estimate of drug-likeness (QED) is 0.651. The molecule has 0 spiro atoms. The van der Waals surface area contributed by atoms with Crippen LogP contribution in [-0.2, 0) is 4.74 Å². The molecule has 2 aliphatic heterocycles. The van der Waals surface area contributed by atoms with Gasteiger partial charge in [-0.3, -0.25) is 0 Å². The second-order valence-corrected chi connectivity index (χ2v) is 8.27. The first kappa shape index (κ1) is 20.8. The summed E-state index contributed by atoms with van der Waals surface area (Å²) in [6, 6.07) is 14.3. The van der Waals surface area contributed by atoms with Gasteiger partial charge in [0.2, 0.25) is 0 Å². The molecule has 0 saturated carbocycles. The Balaban J connectivity index is 1.32. The number of rotatable bonds is 6. The number of carbonyl (C=O) groups excluding carboxylic acids is 1. The van der Waals surface area contributed by atoms with Crippen molar-refractivity contribution in [2.75, 3.05) is 26.2 Å². The van der Waals surface area contributed by atoms with Crippen LogP contribution in [0.5, 0.6) is 0 Å². The SMILES string of the molecule is CC(c1ccc(-c2ccc(F)cc2)cc1)N1CCC(CCN2CCC(F)C2)OC1=O. The predicted octanol–water partition coefficient (Wildman–Crippen LogP) is 5.20. The van der Waals surface area contributed by atoms with Crippen molar-refractivity contribution in [3.05, 3.63) is 59.9 Å². The number of ether oxygens (including phenoxy) is 1. The first-order valence-corrected chi connectivity index (χ1v) is 10.7. The topological polar surface area (TPSA) is 32.8 Å². The van der Waals surface area contributed by atoms with Crippen LogP contribution in [-0.4, -0.2) is 54.3 Å². The summed E-state index contributed by atoms with van der Waals surface area (Å²) in [7, 11) is 0. The van der Waals surface area contributed by atoms with Crippen LogP contribution >= 0.6 is 0 Å². The summed E-state index contributed by atoms with van der Waals surface area (Å²) in [4.78, 5) is 16.5. The van der Waals surface area contributed by atoms with Crippen LogP contribution in [0.2, 0.25) is 0 Å². The fraction of sp³-hybridized carbons (Fsp3) is 0.458. The summed E-state index contributed by atoms with van der Waals surface area (Å²) in [5, 5.41) is 0. The molecule has 2 saturated heterocycles. The smallest absolute Gasteiger partial charge is 0.410 e. The molecule has 1 amide bonds. The number of likely N-dealkylation sites (tertiary alicyclic amines) is 1. The number of hydrogen-bond donors (Lipinski definition) is 0. The highest BCUT2D eigenvalue weighted by atomic mass is 19.1. The molecule has 2 aliphatic rings. The number of amides is 1. The minimum Gasteiger partial charge on any atom is -0.446 e. The molecule has 3 atom stereocenters. The summed E-state index contributed by atoms with van der Waals surface area (Å²) in [5.41, 5.74) is 2.99. The minimum absolute atomic E-state index is 0.0911. The molecule has 0 aliphatic carbocycles. The number of cyclic esters (lactones) is 1. The van der Waals surface area contributed by atoms with Gasteiger partial charge in [-0.25, -0.2) is 13.6 Å². The number of benzene rings is 2. The van der Waals surface area contributed by atoms with Gasteiger partial charge in [0, 0.05) is 32.6 Å². The Morgan fingerprint density at radius 3 is 2.30 bits per heavy atom. The van der Waals surface area contributed by atoms with Crippen molar-refractivity contribution in [3.8, 4) is 11.1 Å². The Morgan fingerprint density at radius 2 is 1.70 bits per heavy atom. The van der Waals surface area contributed by atoms with Crippen LogP contribution in [0.15, 0.2) is 48.5 Å². The van der Waals surface area contributed by atoms with Crippen molar-refractivity contribution in [2.45, 2.75) is 44.5 Å². The molecule has 2 aromatic rings. The molecule has 0 bridgehead atoms. The normalized spacial score (nSPS) is 23.4. The van der Waals surface area contributed by atoms with Crippen molar-refractivity contribution in [2.24, 2.45) is 0 Å². The van der Waals surface area contributed by atoms with Gasteiger partial charge in [0.15, 0.2) is 0 Å². The highest BCUT2D eigenvalue weighted by Gasteiger charge is 2.31. The summed E-state index contributed by atoms with van der Waals surface area (Å²) in [6.45, 7) is 4.71. The lowest BCUT2D eigenvalue weighted by Crippen LogP contribution is -2.44. The maximum absolute atomic E-state index is 13.3. The van der Waals surface area contributed by atoms with E-state index in [1.807, 2.05) is 31.2 Å². The van der Waals surface area contributed by atoms with Crippen LogP contribution in [0.4, 0.5) is 13.6 Å². The van der Waals surface area contributed by atoms with Gasteiger partial charge in [0.25, 0.3) is 0 Å². The molecule has 2 heterocycles. The van der Waals surface area contributed by atoms with Gasteiger partial charge < -0.3 is 14.5 Å². The zero-order chi connectivity index (χ0) is 21.1. The van der Waals surface area contributed by atoms with Crippen molar-refractivity contribution in [1.82, 2.24) is 9.80 Å². The third-order valence-electron chi connectivity index (χ3n) is 6.21. The average Bonchev–Trinajstić information content (AvgIpc) is 3.18. The molecular weight excluding hydrogens is 386 g/mol. The summed E-state index contributed by atoms with van der Waals surface area (Å²) >= 11 is 0. The van der Waals surface area contributed by atoms with E-state index in [-0.39, 0.29) is 24.1 Å². The van der Waals surface area contributed by atoms with Gasteiger partial charge in [-0.2, -0.15) is 0 Å². The highest BCUT2D eigenvalue weighted by Crippen LogP contribution is 2.28. The molecule has 0 N–H and O–H groups in total. The van der Waals surface area contributed by atoms with E-state index in [1.54, 1.807) is 17.0 Å². The third-order valence-corrected chi connectivity index (χ3v) is 6.21. The molecule has 0 aromatic heterocycles. The Labute approximate surface area is 176 Å². The van der Waals surface area contributed by atoms with Gasteiger partial charge in [-0.1, -0.05) is 36.4 Å². The Morgan fingerprint density at radius 1 is 1.03 bits per heavy atom. The van der Waals surface area contributed by atoms with Gasteiger partial charge in [-0.15, -0.1) is 0 Å². The predicted molar refractivity (Wildman–Crippen MR) is 112 cm³/mol. The molecule has 2 aromatic carbocycles. The van der Waals surface area contributed by atoms with Crippen molar-refractivity contribution in [3.63, 3.8) is 0 Å². The van der Waals surface area contributed by atoms with Gasteiger partial charge in [-0.05, 0) is 48.6 Å². The standard InChI is InChI=1S/C24H28F2N2O2/c1-17(18-2-4-19(5-3-18)20-6-8-21(25)9-7-20)28-15-12-23(30-24(28)29)11-14-27-13-10-22(26)16-27/h2-9,17,22-23H,10-16H2,1H3. The van der Waals surface area contributed by atoms with Gasteiger partial charge in [0.05, 0.1) is 6.04 Å². The molecule has 160 valence electrons. The number of carbonyl (C=O) groups is 1. The highest BCUT2D eigenvalue weighted by molar-refractivity contribution is 5.69. The summed E-state index contributed by atoms with van der Waals surface area (Å²) in [6.07, 6.45) is 1.05. The Bertz CT molecular complexity index is 857. The molecule has 30 heavy (non-hydrogen) atoms. The molecule has 4 rings (SSSR count). The Hall–Kier alpha value is -2.47. The second kappa shape index (κ2) is 9.13. The molecule has 0 radical (unpaired) electrons. The molecule has 6 heteroatoms. The average molecular weight is 414 g/mol. The van der Waals surface area contributed by atoms with Crippen molar-refractivity contribution >= 4 is 6.09 Å². The molecule has 3 unspecified atom stereocenters. The number of halogens is 2. The van der Waals surface area contributed by atoms with E-state index in [9.17, 15) is 13.6 Å². The third kappa shape index (κ3) is 4.81. The van der Waals surface area contributed by atoms with Crippen molar-refractivity contribution < 1.29 is 18.3 Å². The van der Waals surface area contributed by atoms with E-state index < -0.39 is 6.17 Å². The van der Waals surface area contributed by atoms with Gasteiger partial charge in [0.1, 0.15) is 18.1 Å². The zero-order valence-electron chi connectivity index (χ0n) is 17.3. The zero-order valence-corrected chi connectivity index (χ0v) is 17.3. The molecular formula is C24H28F2N2O2. The van der Waals surface area contributed by atoms with E-state index >= 15 is 0 Å². The van der Waals surface area contributed by atoms with Crippen LogP contribution in [0.25, 0.3) is 11.1 Å². The lowest BCUT2D eigenvalue weighted by Gasteiger charge is -2.36. The fourth-order valence-electron chi connectivity index (χ4n) is 4.29. The van der Waals surface area contributed by atoms with Crippen LogP contribution < -0.4 is 0 Å². The van der Waals surface area contributed by atoms with E-state index in [2.05, 4.69) is 4.90 Å². The minimum atomic E-state index is -0.718. The van der Waals surface area contributed by atoms with Crippen LogP contribution in [0, 0.1) is 5.82 Å². The number of hydrogen-bond acceptors (Lipinski definition) is 3. The molecule has 2 fully saturated rings. The molecule has 4 nitrogen and oxygen atoms in total. The second-order valence-electron chi connectivity index (χ2n) is 8.27. The van der Waals surface area contributed by atoms with Gasteiger partial charge >= 0.3 is 6.09 Å². The lowest BCUT2D eigenvalue weighted by atomic mass is 10.00. The first-order valence-electron chi connectivity index (χ1n) is 10.7. The maximum Gasteiger partial charge on any atom is 0.410 e. The summed E-state index contributed by atoms with van der Waals surface area (Å²) < 4.78 is 32.1. The first-order chi connectivity index (χ1) is 14.5. The maximum atomic E-state index is 13.3. The van der Waals surface area contributed by atoms with Crippen LogP contribution in [0.3, 0.4) is 0 Å². The van der Waals surface area contributed by atoms with E-state index in [0.29, 0.717) is 19.5 Å². The Kier molecular flexibility index (Phi) is 6.32. The largest absolute Gasteiger partial charge is 0.446 e.